The van der Waals surface area contributed by atoms with Gasteiger partial charge in [0.05, 0.1) is 0 Å². The van der Waals surface area contributed by atoms with Crippen LogP contribution in [0.4, 0.5) is 0 Å². The largest absolute Gasteiger partial charge is 0.294 e. The zero-order valence-corrected chi connectivity index (χ0v) is 11.2. The lowest BCUT2D eigenvalue weighted by molar-refractivity contribution is 0.0856. The molecule has 1 rings (SSSR count). The third-order valence-corrected chi connectivity index (χ3v) is 2.66. The summed E-state index contributed by atoms with van der Waals surface area (Å²) < 4.78 is 0. The highest BCUT2D eigenvalue weighted by Gasteiger charge is 2.28. The molecule has 0 aliphatic heterocycles. The number of hydrogen-bond donors (Lipinski definition) is 0. The van der Waals surface area contributed by atoms with Crippen LogP contribution >= 0.6 is 0 Å². The number of rotatable bonds is 1. The molecule has 1 nitrogen and oxygen atoms in total. The highest BCUT2D eigenvalue weighted by Crippen LogP contribution is 2.30. The highest BCUT2D eigenvalue weighted by molar-refractivity contribution is 6.01. The zero-order chi connectivity index (χ0) is 12.6. The van der Waals surface area contributed by atoms with Crippen LogP contribution in [0.3, 0.4) is 0 Å². The van der Waals surface area contributed by atoms with Crippen molar-refractivity contribution in [3.8, 4) is 0 Å². The van der Waals surface area contributed by atoms with Gasteiger partial charge in [0.15, 0.2) is 5.78 Å². The zero-order valence-electron chi connectivity index (χ0n) is 11.2. The number of ketones is 1. The molecule has 0 saturated carbocycles. The highest BCUT2D eigenvalue weighted by atomic mass is 16.1. The topological polar surface area (TPSA) is 17.1 Å². The molecule has 16 heavy (non-hydrogen) atoms. The molecule has 88 valence electrons. The third kappa shape index (κ3) is 2.72. The first-order valence-corrected chi connectivity index (χ1v) is 5.78. The van der Waals surface area contributed by atoms with Crippen molar-refractivity contribution >= 4 is 5.78 Å². The second-order valence-electron chi connectivity index (χ2n) is 6.37. The van der Waals surface area contributed by atoms with Crippen molar-refractivity contribution in [2.75, 3.05) is 0 Å². The number of benzene rings is 1. The van der Waals surface area contributed by atoms with Gasteiger partial charge < -0.3 is 0 Å². The Morgan fingerprint density at radius 2 is 1.44 bits per heavy atom. The van der Waals surface area contributed by atoms with Gasteiger partial charge in [0, 0.05) is 11.0 Å². The van der Waals surface area contributed by atoms with Crippen molar-refractivity contribution in [1.82, 2.24) is 0 Å². The molecular formula is C15H22O. The van der Waals surface area contributed by atoms with E-state index in [1.807, 2.05) is 39.0 Å². The Labute approximate surface area is 98.9 Å². The van der Waals surface area contributed by atoms with Crippen molar-refractivity contribution in [3.63, 3.8) is 0 Å². The van der Waals surface area contributed by atoms with Gasteiger partial charge in [0.25, 0.3) is 0 Å². The lowest BCUT2D eigenvalue weighted by Gasteiger charge is -2.25. The van der Waals surface area contributed by atoms with Crippen molar-refractivity contribution in [3.05, 3.63) is 35.4 Å². The van der Waals surface area contributed by atoms with Gasteiger partial charge in [-0.15, -0.1) is 0 Å². The molecule has 0 fully saturated rings. The fraction of sp³-hybridized carbons (Fsp3) is 0.533. The summed E-state index contributed by atoms with van der Waals surface area (Å²) >= 11 is 0. The van der Waals surface area contributed by atoms with Crippen LogP contribution in [0.15, 0.2) is 24.3 Å². The third-order valence-electron chi connectivity index (χ3n) is 2.66. The van der Waals surface area contributed by atoms with E-state index in [9.17, 15) is 4.79 Å². The van der Waals surface area contributed by atoms with E-state index >= 15 is 0 Å². The first-order valence-electron chi connectivity index (χ1n) is 5.78. The van der Waals surface area contributed by atoms with E-state index in [0.717, 1.165) is 11.1 Å². The average Bonchev–Trinajstić information content (AvgIpc) is 2.14. The van der Waals surface area contributed by atoms with E-state index in [1.54, 1.807) is 0 Å². The lowest BCUT2D eigenvalue weighted by atomic mass is 9.78. The van der Waals surface area contributed by atoms with Crippen molar-refractivity contribution in [2.24, 2.45) is 5.41 Å². The van der Waals surface area contributed by atoms with E-state index in [1.165, 1.54) is 0 Å². The molecule has 0 aromatic heterocycles. The van der Waals surface area contributed by atoms with E-state index < -0.39 is 0 Å². The van der Waals surface area contributed by atoms with E-state index in [4.69, 9.17) is 0 Å². The minimum atomic E-state index is -0.318. The SMILES string of the molecule is CC(C)(C)C(=O)c1ccccc1C(C)(C)C. The molecule has 0 heterocycles. The van der Waals surface area contributed by atoms with Crippen molar-refractivity contribution < 1.29 is 4.79 Å². The van der Waals surface area contributed by atoms with Gasteiger partial charge in [0.1, 0.15) is 0 Å². The molecule has 0 radical (unpaired) electrons. The van der Waals surface area contributed by atoms with Gasteiger partial charge in [-0.3, -0.25) is 4.79 Å². The van der Waals surface area contributed by atoms with Gasteiger partial charge >= 0.3 is 0 Å². The quantitative estimate of drug-likeness (QED) is 0.645. The minimum Gasteiger partial charge on any atom is -0.294 e. The van der Waals surface area contributed by atoms with Crippen LogP contribution in [0.1, 0.15) is 57.5 Å². The summed E-state index contributed by atoms with van der Waals surface area (Å²) in [5.74, 6) is 0.220. The molecule has 0 N–H and O–H groups in total. The molecule has 0 aliphatic rings. The molecule has 0 saturated heterocycles. The van der Waals surface area contributed by atoms with E-state index in [-0.39, 0.29) is 16.6 Å². The first kappa shape index (κ1) is 13.0. The van der Waals surface area contributed by atoms with Gasteiger partial charge in [-0.2, -0.15) is 0 Å². The van der Waals surface area contributed by atoms with Crippen LogP contribution in [0.2, 0.25) is 0 Å². The first-order chi connectivity index (χ1) is 7.14. The maximum atomic E-state index is 12.3. The van der Waals surface area contributed by atoms with Crippen LogP contribution in [0.5, 0.6) is 0 Å². The number of Topliss-reactive ketones (excluding diaryl/α,β-unsaturated/α-hetero) is 1. The molecule has 1 heteroatoms. The van der Waals surface area contributed by atoms with Gasteiger partial charge in [-0.05, 0) is 11.0 Å². The second-order valence-corrected chi connectivity index (χ2v) is 6.37. The summed E-state index contributed by atoms with van der Waals surface area (Å²) in [7, 11) is 0. The fourth-order valence-corrected chi connectivity index (χ4v) is 1.74. The summed E-state index contributed by atoms with van der Waals surface area (Å²) in [6.07, 6.45) is 0. The Bertz CT molecular complexity index is 389. The van der Waals surface area contributed by atoms with Gasteiger partial charge in [0.2, 0.25) is 0 Å². The predicted octanol–water partition coefficient (Wildman–Crippen LogP) is 4.21. The maximum Gasteiger partial charge on any atom is 0.168 e. The molecule has 0 atom stereocenters. The normalized spacial score (nSPS) is 12.6. The van der Waals surface area contributed by atoms with Gasteiger partial charge in [-0.25, -0.2) is 0 Å². The molecule has 0 amide bonds. The summed E-state index contributed by atoms with van der Waals surface area (Å²) in [6, 6.07) is 7.93. The Morgan fingerprint density at radius 3 is 1.88 bits per heavy atom. The summed E-state index contributed by atoms with van der Waals surface area (Å²) in [5.41, 5.74) is 1.69. The summed E-state index contributed by atoms with van der Waals surface area (Å²) in [6.45, 7) is 12.3. The molecule has 0 spiro atoms. The van der Waals surface area contributed by atoms with Gasteiger partial charge in [-0.1, -0.05) is 65.8 Å². The molecule has 1 aromatic rings. The van der Waals surface area contributed by atoms with Crippen LogP contribution in [0.25, 0.3) is 0 Å². The predicted molar refractivity (Wildman–Crippen MR) is 68.9 cm³/mol. The Hall–Kier alpha value is -1.11. The molecule has 1 aromatic carbocycles. The van der Waals surface area contributed by atoms with Crippen LogP contribution < -0.4 is 0 Å². The van der Waals surface area contributed by atoms with Crippen molar-refractivity contribution in [2.45, 2.75) is 47.0 Å². The minimum absolute atomic E-state index is 0.0114. The van der Waals surface area contributed by atoms with Crippen molar-refractivity contribution in [1.29, 1.82) is 0 Å². The number of carbonyl (C=O) groups excluding carboxylic acids is 1. The second kappa shape index (κ2) is 4.04. The lowest BCUT2D eigenvalue weighted by Crippen LogP contribution is -2.25. The maximum absolute atomic E-state index is 12.3. The summed E-state index contributed by atoms with van der Waals surface area (Å²) in [4.78, 5) is 12.3. The van der Waals surface area contributed by atoms with E-state index in [2.05, 4.69) is 26.8 Å². The Morgan fingerprint density at radius 1 is 0.938 bits per heavy atom. The number of carbonyl (C=O) groups is 1. The van der Waals surface area contributed by atoms with Crippen LogP contribution in [-0.2, 0) is 5.41 Å². The average molecular weight is 218 g/mol. The Kier molecular flexibility index (Phi) is 3.27. The summed E-state index contributed by atoms with van der Waals surface area (Å²) in [5, 5.41) is 0. The smallest absolute Gasteiger partial charge is 0.168 e. The molecule has 0 aliphatic carbocycles. The molecular weight excluding hydrogens is 196 g/mol. The van der Waals surface area contributed by atoms with Crippen LogP contribution in [0, 0.1) is 5.41 Å². The molecule has 0 unspecified atom stereocenters. The van der Waals surface area contributed by atoms with Crippen LogP contribution in [-0.4, -0.2) is 5.78 Å². The molecule has 0 bridgehead atoms. The fourth-order valence-electron chi connectivity index (χ4n) is 1.74. The number of hydrogen-bond acceptors (Lipinski definition) is 1. The van der Waals surface area contributed by atoms with E-state index in [0.29, 0.717) is 0 Å². The standard InChI is InChI=1S/C15H22O/c1-14(2,3)12-10-8-7-9-11(12)13(16)15(4,5)6/h7-10H,1-6H3. The Balaban J connectivity index is 3.31. The monoisotopic (exact) mass is 218 g/mol.